The van der Waals surface area contributed by atoms with Crippen molar-refractivity contribution in [3.05, 3.63) is 47.8 Å². The summed E-state index contributed by atoms with van der Waals surface area (Å²) in [5, 5.41) is 8.93. The number of aromatic amines is 1. The second-order valence-electron chi connectivity index (χ2n) is 3.39. The fraction of sp³-hybridized carbons (Fsp3) is 0.154. The molecule has 1 heterocycles. The molecule has 0 fully saturated rings. The summed E-state index contributed by atoms with van der Waals surface area (Å²) in [6.45, 7) is 2.07. The standard InChI is InChI=1S/C13H12N2/c1-2-11-12(9-15-13(11)8-14)10-6-4-3-5-7-10/h3-7,9,15H,2H2,1H3. The van der Waals surface area contributed by atoms with Crippen LogP contribution in [0.15, 0.2) is 36.5 Å². The largest absolute Gasteiger partial charge is 0.352 e. The van der Waals surface area contributed by atoms with E-state index in [1.165, 1.54) is 0 Å². The van der Waals surface area contributed by atoms with Crippen molar-refractivity contribution in [3.63, 3.8) is 0 Å². The van der Waals surface area contributed by atoms with E-state index in [0.717, 1.165) is 23.1 Å². The average Bonchev–Trinajstić information content (AvgIpc) is 2.72. The normalized spacial score (nSPS) is 9.87. The molecule has 1 aromatic carbocycles. The van der Waals surface area contributed by atoms with E-state index in [2.05, 4.69) is 30.1 Å². The topological polar surface area (TPSA) is 39.6 Å². The number of nitriles is 1. The molecule has 2 nitrogen and oxygen atoms in total. The van der Waals surface area contributed by atoms with Crippen molar-refractivity contribution in [3.8, 4) is 17.2 Å². The first kappa shape index (κ1) is 9.54. The second kappa shape index (κ2) is 4.02. The molecule has 2 heteroatoms. The van der Waals surface area contributed by atoms with Crippen LogP contribution in [0.3, 0.4) is 0 Å². The van der Waals surface area contributed by atoms with Gasteiger partial charge in [0.25, 0.3) is 0 Å². The number of nitrogens with one attached hydrogen (secondary N) is 1. The maximum absolute atomic E-state index is 8.93. The lowest BCUT2D eigenvalue weighted by molar-refractivity contribution is 1.13. The van der Waals surface area contributed by atoms with Crippen LogP contribution in [0.4, 0.5) is 0 Å². The third-order valence-electron chi connectivity index (χ3n) is 2.54. The Morgan fingerprint density at radius 3 is 2.60 bits per heavy atom. The highest BCUT2D eigenvalue weighted by Crippen LogP contribution is 2.26. The van der Waals surface area contributed by atoms with Crippen LogP contribution in [-0.4, -0.2) is 4.98 Å². The van der Waals surface area contributed by atoms with Crippen molar-refractivity contribution in [1.29, 1.82) is 5.26 Å². The van der Waals surface area contributed by atoms with Gasteiger partial charge < -0.3 is 4.98 Å². The van der Waals surface area contributed by atoms with Crippen molar-refractivity contribution >= 4 is 0 Å². The minimum Gasteiger partial charge on any atom is -0.352 e. The van der Waals surface area contributed by atoms with Gasteiger partial charge in [-0.2, -0.15) is 5.26 Å². The fourth-order valence-electron chi connectivity index (χ4n) is 1.80. The van der Waals surface area contributed by atoms with Crippen LogP contribution in [0, 0.1) is 11.3 Å². The molecular weight excluding hydrogens is 184 g/mol. The zero-order valence-corrected chi connectivity index (χ0v) is 8.62. The highest BCUT2D eigenvalue weighted by atomic mass is 14.7. The predicted molar refractivity (Wildman–Crippen MR) is 60.3 cm³/mol. The predicted octanol–water partition coefficient (Wildman–Crippen LogP) is 3.12. The van der Waals surface area contributed by atoms with Gasteiger partial charge in [-0.1, -0.05) is 37.3 Å². The highest BCUT2D eigenvalue weighted by molar-refractivity contribution is 5.69. The van der Waals surface area contributed by atoms with Gasteiger partial charge in [-0.25, -0.2) is 0 Å². The second-order valence-corrected chi connectivity index (χ2v) is 3.39. The molecule has 0 unspecified atom stereocenters. The first-order chi connectivity index (χ1) is 7.36. The van der Waals surface area contributed by atoms with E-state index in [9.17, 15) is 0 Å². The molecule has 0 bridgehead atoms. The Morgan fingerprint density at radius 1 is 1.27 bits per heavy atom. The van der Waals surface area contributed by atoms with E-state index in [4.69, 9.17) is 5.26 Å². The molecule has 0 aliphatic carbocycles. The number of hydrogen-bond donors (Lipinski definition) is 1. The maximum Gasteiger partial charge on any atom is 0.121 e. The number of rotatable bonds is 2. The van der Waals surface area contributed by atoms with Crippen molar-refractivity contribution in [2.45, 2.75) is 13.3 Å². The van der Waals surface area contributed by atoms with Crippen molar-refractivity contribution in [2.75, 3.05) is 0 Å². The van der Waals surface area contributed by atoms with E-state index in [1.807, 2.05) is 24.4 Å². The van der Waals surface area contributed by atoms with E-state index in [1.54, 1.807) is 0 Å². The van der Waals surface area contributed by atoms with E-state index < -0.39 is 0 Å². The van der Waals surface area contributed by atoms with Crippen LogP contribution in [-0.2, 0) is 6.42 Å². The zero-order chi connectivity index (χ0) is 10.7. The summed E-state index contributed by atoms with van der Waals surface area (Å²) in [5.74, 6) is 0. The monoisotopic (exact) mass is 196 g/mol. The van der Waals surface area contributed by atoms with Gasteiger partial charge in [0.05, 0.1) is 0 Å². The van der Waals surface area contributed by atoms with Gasteiger partial charge in [-0.05, 0) is 17.5 Å². The van der Waals surface area contributed by atoms with Gasteiger partial charge >= 0.3 is 0 Å². The van der Waals surface area contributed by atoms with Crippen LogP contribution >= 0.6 is 0 Å². The van der Waals surface area contributed by atoms with Crippen molar-refractivity contribution < 1.29 is 0 Å². The molecule has 15 heavy (non-hydrogen) atoms. The van der Waals surface area contributed by atoms with Gasteiger partial charge in [-0.15, -0.1) is 0 Å². The number of benzene rings is 1. The number of hydrogen-bond acceptors (Lipinski definition) is 1. The minimum atomic E-state index is 0.677. The zero-order valence-electron chi connectivity index (χ0n) is 8.62. The number of nitrogens with zero attached hydrogens (tertiary/aromatic N) is 1. The lowest BCUT2D eigenvalue weighted by Crippen LogP contribution is -1.85. The molecule has 0 saturated carbocycles. The first-order valence-corrected chi connectivity index (χ1v) is 5.02. The molecule has 0 saturated heterocycles. The summed E-state index contributed by atoms with van der Waals surface area (Å²) in [6, 6.07) is 12.3. The summed E-state index contributed by atoms with van der Waals surface area (Å²) in [4.78, 5) is 3.01. The molecule has 0 atom stereocenters. The van der Waals surface area contributed by atoms with Crippen LogP contribution in [0.25, 0.3) is 11.1 Å². The fourth-order valence-corrected chi connectivity index (χ4v) is 1.80. The highest BCUT2D eigenvalue weighted by Gasteiger charge is 2.09. The van der Waals surface area contributed by atoms with E-state index >= 15 is 0 Å². The number of H-pyrrole nitrogens is 1. The third-order valence-corrected chi connectivity index (χ3v) is 2.54. The van der Waals surface area contributed by atoms with E-state index in [0.29, 0.717) is 5.69 Å². The maximum atomic E-state index is 8.93. The Bertz CT molecular complexity index is 489. The molecule has 0 radical (unpaired) electrons. The summed E-state index contributed by atoms with van der Waals surface area (Å²) >= 11 is 0. The van der Waals surface area contributed by atoms with Crippen LogP contribution in [0.5, 0.6) is 0 Å². The summed E-state index contributed by atoms with van der Waals surface area (Å²) in [5.41, 5.74) is 4.07. The van der Waals surface area contributed by atoms with Gasteiger partial charge in [0.2, 0.25) is 0 Å². The molecular formula is C13H12N2. The van der Waals surface area contributed by atoms with E-state index in [-0.39, 0.29) is 0 Å². The van der Waals surface area contributed by atoms with Crippen molar-refractivity contribution in [1.82, 2.24) is 4.98 Å². The summed E-state index contributed by atoms with van der Waals surface area (Å²) in [6.07, 6.45) is 2.78. The van der Waals surface area contributed by atoms with Gasteiger partial charge in [-0.3, -0.25) is 0 Å². The van der Waals surface area contributed by atoms with Gasteiger partial charge in [0.1, 0.15) is 11.8 Å². The molecule has 1 N–H and O–H groups in total. The SMILES string of the molecule is CCc1c(-c2ccccc2)c[nH]c1C#N. The lowest BCUT2D eigenvalue weighted by atomic mass is 10.0. The Kier molecular flexibility index (Phi) is 2.55. The first-order valence-electron chi connectivity index (χ1n) is 5.02. The Morgan fingerprint density at radius 2 is 2.00 bits per heavy atom. The molecule has 2 aromatic rings. The smallest absolute Gasteiger partial charge is 0.121 e. The molecule has 0 aliphatic heterocycles. The summed E-state index contributed by atoms with van der Waals surface area (Å²) in [7, 11) is 0. The molecule has 74 valence electrons. The molecule has 1 aromatic heterocycles. The van der Waals surface area contributed by atoms with Gasteiger partial charge in [0, 0.05) is 11.8 Å². The van der Waals surface area contributed by atoms with Crippen molar-refractivity contribution in [2.24, 2.45) is 0 Å². The molecule has 0 spiro atoms. The van der Waals surface area contributed by atoms with Gasteiger partial charge in [0.15, 0.2) is 0 Å². The Balaban J connectivity index is 2.55. The third kappa shape index (κ3) is 1.64. The minimum absolute atomic E-state index is 0.677. The molecule has 0 aliphatic rings. The Hall–Kier alpha value is -2.01. The molecule has 0 amide bonds. The van der Waals surface area contributed by atoms with Crippen LogP contribution in [0.1, 0.15) is 18.2 Å². The lowest BCUT2D eigenvalue weighted by Gasteiger charge is -2.01. The number of aromatic nitrogens is 1. The van der Waals surface area contributed by atoms with Crippen LogP contribution in [0.2, 0.25) is 0 Å². The molecule has 2 rings (SSSR count). The Labute approximate surface area is 89.2 Å². The van der Waals surface area contributed by atoms with Crippen LogP contribution < -0.4 is 0 Å². The quantitative estimate of drug-likeness (QED) is 0.787. The summed E-state index contributed by atoms with van der Waals surface area (Å²) < 4.78 is 0. The average molecular weight is 196 g/mol.